The van der Waals surface area contributed by atoms with Crippen LogP contribution in [-0.2, 0) is 4.79 Å². The van der Waals surface area contributed by atoms with Crippen LogP contribution >= 0.6 is 11.6 Å². The van der Waals surface area contributed by atoms with E-state index in [2.05, 4.69) is 5.10 Å². The minimum Gasteiger partial charge on any atom is -0.369 e. The Kier molecular flexibility index (Phi) is 4.57. The summed E-state index contributed by atoms with van der Waals surface area (Å²) in [6.07, 6.45) is 4.66. The molecule has 0 radical (unpaired) electrons. The maximum absolute atomic E-state index is 12.8. The molecule has 2 aromatic rings. The number of amides is 2. The number of hydrogen-bond acceptors (Lipinski definition) is 3. The van der Waals surface area contributed by atoms with E-state index in [1.54, 1.807) is 21.8 Å². The van der Waals surface area contributed by atoms with Gasteiger partial charge >= 0.3 is 0 Å². The van der Waals surface area contributed by atoms with Gasteiger partial charge in [0.15, 0.2) is 0 Å². The van der Waals surface area contributed by atoms with Gasteiger partial charge in [0.05, 0.1) is 28.4 Å². The second-order valence-corrected chi connectivity index (χ2v) is 6.52. The van der Waals surface area contributed by atoms with Gasteiger partial charge in [-0.1, -0.05) is 23.7 Å². The molecule has 2 heterocycles. The lowest BCUT2D eigenvalue weighted by Gasteiger charge is -2.36. The number of halogens is 1. The number of piperidine rings is 1. The zero-order valence-electron chi connectivity index (χ0n) is 13.4. The van der Waals surface area contributed by atoms with Crippen molar-refractivity contribution in [3.63, 3.8) is 0 Å². The normalized spacial score (nSPS) is 20.8. The van der Waals surface area contributed by atoms with Crippen LogP contribution in [-0.4, -0.2) is 39.1 Å². The van der Waals surface area contributed by atoms with E-state index in [4.69, 9.17) is 17.3 Å². The quantitative estimate of drug-likeness (QED) is 0.925. The third-order valence-corrected chi connectivity index (χ3v) is 4.79. The van der Waals surface area contributed by atoms with Crippen molar-refractivity contribution in [1.82, 2.24) is 14.7 Å². The van der Waals surface area contributed by atoms with E-state index >= 15 is 0 Å². The molecule has 3 rings (SSSR count). The highest BCUT2D eigenvalue weighted by Crippen LogP contribution is 2.24. The SMILES string of the molecule is C[C@@H]1CC[C@@H](C(N)=O)CN1C(=O)c1cnn(-c2ccccc2Cl)c1. The van der Waals surface area contributed by atoms with Gasteiger partial charge < -0.3 is 10.6 Å². The number of para-hydroxylation sites is 1. The van der Waals surface area contributed by atoms with Gasteiger partial charge in [-0.25, -0.2) is 4.68 Å². The van der Waals surface area contributed by atoms with Gasteiger partial charge in [-0.3, -0.25) is 9.59 Å². The highest BCUT2D eigenvalue weighted by Gasteiger charge is 2.32. The van der Waals surface area contributed by atoms with Crippen molar-refractivity contribution < 1.29 is 9.59 Å². The molecule has 0 aliphatic carbocycles. The van der Waals surface area contributed by atoms with Crippen molar-refractivity contribution in [2.24, 2.45) is 11.7 Å². The van der Waals surface area contributed by atoms with Crippen molar-refractivity contribution in [3.05, 3.63) is 47.2 Å². The fourth-order valence-corrected chi connectivity index (χ4v) is 3.21. The molecule has 2 amide bonds. The fourth-order valence-electron chi connectivity index (χ4n) is 2.99. The summed E-state index contributed by atoms with van der Waals surface area (Å²) in [6.45, 7) is 2.33. The maximum Gasteiger partial charge on any atom is 0.257 e. The van der Waals surface area contributed by atoms with Gasteiger partial charge in [-0.05, 0) is 31.9 Å². The predicted octanol–water partition coefficient (Wildman–Crippen LogP) is 2.25. The standard InChI is InChI=1S/C17H19ClN4O2/c1-11-6-7-12(16(19)23)9-21(11)17(24)13-8-20-22(10-13)15-5-3-2-4-14(15)18/h2-5,8,10-12H,6-7,9H2,1H3,(H2,19,23)/t11-,12-/m1/s1. The number of hydrogen-bond donors (Lipinski definition) is 1. The van der Waals surface area contributed by atoms with E-state index in [1.165, 1.54) is 6.20 Å². The van der Waals surface area contributed by atoms with Crippen LogP contribution < -0.4 is 5.73 Å². The Balaban J connectivity index is 1.83. The van der Waals surface area contributed by atoms with E-state index < -0.39 is 0 Å². The van der Waals surface area contributed by atoms with Crippen molar-refractivity contribution in [2.45, 2.75) is 25.8 Å². The molecule has 1 saturated heterocycles. The van der Waals surface area contributed by atoms with E-state index in [9.17, 15) is 9.59 Å². The molecule has 126 valence electrons. The summed E-state index contributed by atoms with van der Waals surface area (Å²) in [5, 5.41) is 4.79. The largest absolute Gasteiger partial charge is 0.369 e. The summed E-state index contributed by atoms with van der Waals surface area (Å²) in [7, 11) is 0. The van der Waals surface area contributed by atoms with Gasteiger partial charge in [-0.2, -0.15) is 5.10 Å². The Hall–Kier alpha value is -2.34. The molecule has 0 bridgehead atoms. The van der Waals surface area contributed by atoms with E-state index in [0.29, 0.717) is 22.8 Å². The molecule has 6 nitrogen and oxygen atoms in total. The number of carbonyl (C=O) groups excluding carboxylic acids is 2. The van der Waals surface area contributed by atoms with Crippen LogP contribution in [0.4, 0.5) is 0 Å². The van der Waals surface area contributed by atoms with Crippen LogP contribution in [0.3, 0.4) is 0 Å². The van der Waals surface area contributed by atoms with E-state index in [-0.39, 0.29) is 23.8 Å². The van der Waals surface area contributed by atoms with Gasteiger partial charge in [0.1, 0.15) is 0 Å². The average molecular weight is 347 g/mol. The molecule has 2 atom stereocenters. The molecule has 0 spiro atoms. The first-order valence-corrected chi connectivity index (χ1v) is 8.25. The molecule has 0 saturated carbocycles. The molecule has 1 aromatic carbocycles. The van der Waals surface area contributed by atoms with Crippen molar-refractivity contribution in [3.8, 4) is 5.69 Å². The molecule has 1 fully saturated rings. The molecule has 1 aliphatic rings. The van der Waals surface area contributed by atoms with Crippen LogP contribution in [0.1, 0.15) is 30.1 Å². The van der Waals surface area contributed by atoms with E-state index in [1.807, 2.05) is 25.1 Å². The first-order valence-electron chi connectivity index (χ1n) is 7.87. The molecule has 1 aromatic heterocycles. The number of primary amides is 1. The average Bonchev–Trinajstić information content (AvgIpc) is 3.04. The zero-order valence-corrected chi connectivity index (χ0v) is 14.1. The molecular weight excluding hydrogens is 328 g/mol. The van der Waals surface area contributed by atoms with Gasteiger partial charge in [-0.15, -0.1) is 0 Å². The molecule has 1 aliphatic heterocycles. The lowest BCUT2D eigenvalue weighted by atomic mass is 9.92. The predicted molar refractivity (Wildman–Crippen MR) is 91.0 cm³/mol. The number of carbonyl (C=O) groups is 2. The first kappa shape index (κ1) is 16.5. The highest BCUT2D eigenvalue weighted by molar-refractivity contribution is 6.32. The Morgan fingerprint density at radius 3 is 2.75 bits per heavy atom. The van der Waals surface area contributed by atoms with Crippen LogP contribution in [0.5, 0.6) is 0 Å². The molecular formula is C17H19ClN4O2. The van der Waals surface area contributed by atoms with E-state index in [0.717, 1.165) is 12.8 Å². The number of nitrogens with zero attached hydrogens (tertiary/aromatic N) is 3. The molecule has 0 unspecified atom stereocenters. The van der Waals surface area contributed by atoms with Crippen LogP contribution in [0, 0.1) is 5.92 Å². The van der Waals surface area contributed by atoms with Gasteiger partial charge in [0.2, 0.25) is 5.91 Å². The highest BCUT2D eigenvalue weighted by atomic mass is 35.5. The van der Waals surface area contributed by atoms with Crippen molar-refractivity contribution in [2.75, 3.05) is 6.54 Å². The van der Waals surface area contributed by atoms with Gasteiger partial charge in [0, 0.05) is 18.8 Å². The van der Waals surface area contributed by atoms with Crippen LogP contribution in [0.2, 0.25) is 5.02 Å². The second kappa shape index (κ2) is 6.65. The summed E-state index contributed by atoms with van der Waals surface area (Å²) in [6, 6.07) is 7.35. The smallest absolute Gasteiger partial charge is 0.257 e. The van der Waals surface area contributed by atoms with Crippen LogP contribution in [0.15, 0.2) is 36.7 Å². The van der Waals surface area contributed by atoms with Crippen molar-refractivity contribution >= 4 is 23.4 Å². The number of likely N-dealkylation sites (tertiary alicyclic amines) is 1. The Bertz CT molecular complexity index is 773. The maximum atomic E-state index is 12.8. The number of nitrogens with two attached hydrogens (primary N) is 1. The summed E-state index contributed by atoms with van der Waals surface area (Å²) in [5.74, 6) is -0.790. The third kappa shape index (κ3) is 3.14. The number of rotatable bonds is 3. The summed E-state index contributed by atoms with van der Waals surface area (Å²) >= 11 is 6.17. The topological polar surface area (TPSA) is 81.2 Å². The first-order chi connectivity index (χ1) is 11.5. The lowest BCUT2D eigenvalue weighted by Crippen LogP contribution is -2.48. The molecule has 2 N–H and O–H groups in total. The Morgan fingerprint density at radius 2 is 2.04 bits per heavy atom. The van der Waals surface area contributed by atoms with Crippen LogP contribution in [0.25, 0.3) is 5.69 Å². The monoisotopic (exact) mass is 346 g/mol. The number of aromatic nitrogens is 2. The zero-order chi connectivity index (χ0) is 17.3. The second-order valence-electron chi connectivity index (χ2n) is 6.11. The summed E-state index contributed by atoms with van der Waals surface area (Å²) in [4.78, 5) is 25.9. The summed E-state index contributed by atoms with van der Waals surface area (Å²) < 4.78 is 1.58. The van der Waals surface area contributed by atoms with Gasteiger partial charge in [0.25, 0.3) is 5.91 Å². The lowest BCUT2D eigenvalue weighted by molar-refractivity contribution is -0.123. The van der Waals surface area contributed by atoms with Crippen molar-refractivity contribution in [1.29, 1.82) is 0 Å². The Morgan fingerprint density at radius 1 is 1.29 bits per heavy atom. The fraction of sp³-hybridized carbons (Fsp3) is 0.353. The molecule has 7 heteroatoms. The third-order valence-electron chi connectivity index (χ3n) is 4.47. The Labute approximate surface area is 145 Å². The minimum absolute atomic E-state index is 0.0664. The molecule has 24 heavy (non-hydrogen) atoms. The summed E-state index contributed by atoms with van der Waals surface area (Å²) in [5.41, 5.74) is 6.58. The number of benzene rings is 1. The minimum atomic E-state index is -0.355.